The zero-order valence-corrected chi connectivity index (χ0v) is 17.2. The lowest BCUT2D eigenvalue weighted by Crippen LogP contribution is -2.30. The Bertz CT molecular complexity index is 796. The normalized spacial score (nSPS) is 27.7. The lowest BCUT2D eigenvalue weighted by atomic mass is 9.63. The van der Waals surface area contributed by atoms with E-state index in [2.05, 4.69) is 6.92 Å². The molecule has 0 aromatic heterocycles. The van der Waals surface area contributed by atoms with Crippen LogP contribution >= 0.6 is 0 Å². The summed E-state index contributed by atoms with van der Waals surface area (Å²) in [5.41, 5.74) is 0.622. The summed E-state index contributed by atoms with van der Waals surface area (Å²) in [5.74, 6) is 1.35. The van der Waals surface area contributed by atoms with E-state index in [1.807, 2.05) is 18.2 Å². The molecule has 0 aliphatic heterocycles. The molecule has 2 fully saturated rings. The van der Waals surface area contributed by atoms with Gasteiger partial charge in [-0.1, -0.05) is 69.7 Å². The quantitative estimate of drug-likeness (QED) is 0.439. The third kappa shape index (κ3) is 4.11. The molecule has 0 bridgehead atoms. The highest BCUT2D eigenvalue weighted by atomic mass is 19.2. The van der Waals surface area contributed by atoms with Crippen molar-refractivity contribution in [3.63, 3.8) is 0 Å². The number of fused-ring (bicyclic) bond motifs is 2. The highest BCUT2D eigenvalue weighted by Crippen LogP contribution is 2.49. The van der Waals surface area contributed by atoms with Gasteiger partial charge in [-0.25, -0.2) is 8.78 Å². The number of hydrogen-bond acceptors (Lipinski definition) is 0. The zero-order valence-electron chi connectivity index (χ0n) is 17.2. The summed E-state index contributed by atoms with van der Waals surface area (Å²) in [6, 6.07) is 9.17. The van der Waals surface area contributed by atoms with Gasteiger partial charge in [-0.2, -0.15) is 0 Å². The summed E-state index contributed by atoms with van der Waals surface area (Å²) in [6.45, 7) is 2.27. The maximum atomic E-state index is 14.8. The molecule has 0 amide bonds. The van der Waals surface area contributed by atoms with Gasteiger partial charge in [0.2, 0.25) is 0 Å². The number of hydrogen-bond donors (Lipinski definition) is 0. The molecule has 152 valence electrons. The van der Waals surface area contributed by atoms with Gasteiger partial charge >= 0.3 is 0 Å². The van der Waals surface area contributed by atoms with Crippen LogP contribution in [0.1, 0.15) is 89.0 Å². The van der Waals surface area contributed by atoms with Crippen LogP contribution in [0.5, 0.6) is 0 Å². The highest BCUT2D eigenvalue weighted by molar-refractivity contribution is 5.84. The van der Waals surface area contributed by atoms with Crippen LogP contribution in [0.25, 0.3) is 10.8 Å². The minimum absolute atomic E-state index is 0.182. The van der Waals surface area contributed by atoms with Crippen LogP contribution < -0.4 is 0 Å². The van der Waals surface area contributed by atoms with Gasteiger partial charge in [-0.15, -0.1) is 0 Å². The topological polar surface area (TPSA) is 0 Å². The monoisotopic (exact) mass is 384 g/mol. The Morgan fingerprint density at radius 3 is 2.50 bits per heavy atom. The molecule has 2 saturated carbocycles. The van der Waals surface area contributed by atoms with Crippen molar-refractivity contribution in [3.05, 3.63) is 47.5 Å². The molecule has 2 aromatic carbocycles. The first-order valence-corrected chi connectivity index (χ1v) is 11.5. The zero-order chi connectivity index (χ0) is 19.5. The summed E-state index contributed by atoms with van der Waals surface area (Å²) in [6.07, 6.45) is 14.1. The van der Waals surface area contributed by atoms with Crippen molar-refractivity contribution < 1.29 is 8.78 Å². The fraction of sp³-hybridized carbons (Fsp3) is 0.615. The lowest BCUT2D eigenvalue weighted by Gasteiger charge is -2.42. The molecule has 0 saturated heterocycles. The van der Waals surface area contributed by atoms with E-state index in [1.165, 1.54) is 57.8 Å². The smallest absolute Gasteiger partial charge is 0.166 e. The molecule has 2 aromatic rings. The third-order valence-electron chi connectivity index (χ3n) is 7.58. The van der Waals surface area contributed by atoms with Crippen LogP contribution in [-0.4, -0.2) is 0 Å². The Kier molecular flexibility index (Phi) is 6.33. The molecular formula is C26H34F2. The van der Waals surface area contributed by atoms with E-state index in [1.54, 1.807) is 12.1 Å². The number of unbranched alkanes of at least 4 members (excludes halogenated alkanes) is 3. The van der Waals surface area contributed by atoms with Crippen molar-refractivity contribution in [3.8, 4) is 0 Å². The Labute approximate surface area is 168 Å². The van der Waals surface area contributed by atoms with E-state index in [9.17, 15) is 8.78 Å². The molecule has 0 N–H and O–H groups in total. The van der Waals surface area contributed by atoms with E-state index in [0.717, 1.165) is 30.1 Å². The molecule has 0 spiro atoms. The minimum atomic E-state index is -0.661. The third-order valence-corrected chi connectivity index (χ3v) is 7.58. The van der Waals surface area contributed by atoms with Gasteiger partial charge in [0.05, 0.1) is 0 Å². The van der Waals surface area contributed by atoms with E-state index < -0.39 is 11.6 Å². The van der Waals surface area contributed by atoms with Crippen molar-refractivity contribution in [1.29, 1.82) is 0 Å². The second kappa shape index (κ2) is 8.93. The van der Waals surface area contributed by atoms with Gasteiger partial charge in [0, 0.05) is 5.39 Å². The summed E-state index contributed by atoms with van der Waals surface area (Å²) in [7, 11) is 0. The van der Waals surface area contributed by atoms with Crippen LogP contribution in [0.3, 0.4) is 0 Å². The number of benzene rings is 2. The molecule has 4 atom stereocenters. The molecule has 4 unspecified atom stereocenters. The largest absolute Gasteiger partial charge is 0.203 e. The summed E-state index contributed by atoms with van der Waals surface area (Å²) in [4.78, 5) is 0. The van der Waals surface area contributed by atoms with Crippen LogP contribution in [0.4, 0.5) is 8.78 Å². The summed E-state index contributed by atoms with van der Waals surface area (Å²) >= 11 is 0. The number of rotatable bonds is 6. The summed E-state index contributed by atoms with van der Waals surface area (Å²) < 4.78 is 29.4. The van der Waals surface area contributed by atoms with Crippen LogP contribution in [0.15, 0.2) is 30.3 Å². The standard InChI is InChI=1S/C26H34F2/c1-2-3-4-5-8-18-11-12-20-16-22(14-13-19(20)15-18)24-17-21-9-6-7-10-23(21)25(27)26(24)28/h6-7,9-10,17-20,22H,2-5,8,11-16H2,1H3. The minimum Gasteiger partial charge on any atom is -0.203 e. The molecule has 0 heterocycles. The van der Waals surface area contributed by atoms with Gasteiger partial charge < -0.3 is 0 Å². The fourth-order valence-electron chi connectivity index (χ4n) is 5.99. The van der Waals surface area contributed by atoms with Gasteiger partial charge in [0.1, 0.15) is 0 Å². The van der Waals surface area contributed by atoms with E-state index in [0.29, 0.717) is 16.9 Å². The van der Waals surface area contributed by atoms with Crippen molar-refractivity contribution >= 4 is 10.8 Å². The van der Waals surface area contributed by atoms with Crippen LogP contribution in [0, 0.1) is 29.4 Å². The second-order valence-corrected chi connectivity index (χ2v) is 9.37. The predicted octanol–water partition coefficient (Wildman–Crippen LogP) is 8.39. The Morgan fingerprint density at radius 1 is 0.857 bits per heavy atom. The lowest BCUT2D eigenvalue weighted by molar-refractivity contribution is 0.112. The Hall–Kier alpha value is -1.44. The molecular weight excluding hydrogens is 350 g/mol. The van der Waals surface area contributed by atoms with Gasteiger partial charge in [-0.3, -0.25) is 0 Å². The molecule has 0 radical (unpaired) electrons. The first-order valence-electron chi connectivity index (χ1n) is 11.5. The molecule has 2 aliphatic carbocycles. The van der Waals surface area contributed by atoms with Gasteiger partial charge in [-0.05, 0) is 72.8 Å². The average Bonchev–Trinajstić information content (AvgIpc) is 2.73. The van der Waals surface area contributed by atoms with Crippen molar-refractivity contribution in [2.24, 2.45) is 17.8 Å². The summed E-state index contributed by atoms with van der Waals surface area (Å²) in [5, 5.41) is 1.23. The average molecular weight is 385 g/mol. The molecule has 4 rings (SSSR count). The first-order chi connectivity index (χ1) is 13.7. The second-order valence-electron chi connectivity index (χ2n) is 9.37. The maximum Gasteiger partial charge on any atom is 0.166 e. The predicted molar refractivity (Wildman–Crippen MR) is 114 cm³/mol. The van der Waals surface area contributed by atoms with Crippen molar-refractivity contribution in [2.75, 3.05) is 0 Å². The molecule has 2 aliphatic rings. The highest BCUT2D eigenvalue weighted by Gasteiger charge is 2.37. The molecule has 2 heteroatoms. The van der Waals surface area contributed by atoms with Crippen LogP contribution in [-0.2, 0) is 0 Å². The number of halogens is 2. The first kappa shape index (κ1) is 19.9. The van der Waals surface area contributed by atoms with Crippen molar-refractivity contribution in [1.82, 2.24) is 0 Å². The maximum absolute atomic E-state index is 14.8. The molecule has 0 nitrogen and oxygen atoms in total. The van der Waals surface area contributed by atoms with Crippen LogP contribution in [0.2, 0.25) is 0 Å². The molecule has 28 heavy (non-hydrogen) atoms. The SMILES string of the molecule is CCCCCCC1CCC2CC(c3cc4ccccc4c(F)c3F)CCC2C1. The van der Waals surface area contributed by atoms with E-state index in [-0.39, 0.29) is 5.92 Å². The fourth-order valence-corrected chi connectivity index (χ4v) is 5.99. The van der Waals surface area contributed by atoms with Gasteiger partial charge in [0.25, 0.3) is 0 Å². The van der Waals surface area contributed by atoms with Gasteiger partial charge in [0.15, 0.2) is 11.6 Å². The Balaban J connectivity index is 1.41. The van der Waals surface area contributed by atoms with Crippen molar-refractivity contribution in [2.45, 2.75) is 83.5 Å². The van der Waals surface area contributed by atoms with E-state index in [4.69, 9.17) is 0 Å². The van der Waals surface area contributed by atoms with E-state index >= 15 is 0 Å². The Morgan fingerprint density at radius 2 is 1.64 bits per heavy atom.